The lowest BCUT2D eigenvalue weighted by Gasteiger charge is -1.93. The molecule has 0 aliphatic carbocycles. The van der Waals surface area contributed by atoms with Crippen LogP contribution in [0.1, 0.15) is 23.9 Å². The molecule has 2 rings (SSSR count). The van der Waals surface area contributed by atoms with Crippen molar-refractivity contribution >= 4 is 28.5 Å². The Bertz CT molecular complexity index is 499. The van der Waals surface area contributed by atoms with Gasteiger partial charge >= 0.3 is 0 Å². The molecular weight excluding hydrogens is 238 g/mol. The maximum Gasteiger partial charge on any atom is 0.130 e. The molecule has 0 saturated carbocycles. The van der Waals surface area contributed by atoms with Crippen molar-refractivity contribution in [2.45, 2.75) is 26.7 Å². The lowest BCUT2D eigenvalue weighted by Crippen LogP contribution is -1.93. The smallest absolute Gasteiger partial charge is 0.130 e. The standard InChI is InChI=1S/C12H13NOS2/c1-8-5-6-15-12(8)10-7-16-11(13-10)4-3-9(2)14/h5-7H,3-4H2,1-2H3. The molecule has 2 aromatic rings. The average Bonchev–Trinajstić information content (AvgIpc) is 2.83. The van der Waals surface area contributed by atoms with Crippen molar-refractivity contribution in [3.05, 3.63) is 27.4 Å². The van der Waals surface area contributed by atoms with Gasteiger partial charge in [-0.15, -0.1) is 22.7 Å². The van der Waals surface area contributed by atoms with E-state index in [0.717, 1.165) is 17.1 Å². The van der Waals surface area contributed by atoms with Gasteiger partial charge in [-0.25, -0.2) is 4.98 Å². The first-order valence-corrected chi connectivity index (χ1v) is 6.91. The van der Waals surface area contributed by atoms with Crippen LogP contribution in [0.4, 0.5) is 0 Å². The maximum absolute atomic E-state index is 10.9. The first kappa shape index (κ1) is 11.5. The van der Waals surface area contributed by atoms with Crippen molar-refractivity contribution in [2.75, 3.05) is 0 Å². The summed E-state index contributed by atoms with van der Waals surface area (Å²) in [6, 6.07) is 2.11. The molecule has 0 radical (unpaired) electrons. The number of carbonyl (C=O) groups is 1. The number of aromatic nitrogens is 1. The van der Waals surface area contributed by atoms with Gasteiger partial charge in [-0.2, -0.15) is 0 Å². The van der Waals surface area contributed by atoms with E-state index in [0.29, 0.717) is 6.42 Å². The highest BCUT2D eigenvalue weighted by atomic mass is 32.1. The normalized spacial score (nSPS) is 10.6. The summed E-state index contributed by atoms with van der Waals surface area (Å²) in [7, 11) is 0. The Hall–Kier alpha value is -1.00. The van der Waals surface area contributed by atoms with Crippen LogP contribution in [0.5, 0.6) is 0 Å². The number of carbonyl (C=O) groups excluding carboxylic acids is 1. The highest BCUT2D eigenvalue weighted by molar-refractivity contribution is 7.14. The van der Waals surface area contributed by atoms with E-state index < -0.39 is 0 Å². The Morgan fingerprint density at radius 3 is 2.88 bits per heavy atom. The summed E-state index contributed by atoms with van der Waals surface area (Å²) < 4.78 is 0. The summed E-state index contributed by atoms with van der Waals surface area (Å²) in [5.74, 6) is 0.226. The molecule has 16 heavy (non-hydrogen) atoms. The van der Waals surface area contributed by atoms with Crippen molar-refractivity contribution < 1.29 is 4.79 Å². The van der Waals surface area contributed by atoms with E-state index in [1.807, 2.05) is 0 Å². The molecule has 0 aromatic carbocycles. The topological polar surface area (TPSA) is 30.0 Å². The molecule has 2 heterocycles. The van der Waals surface area contributed by atoms with Crippen molar-refractivity contribution in [2.24, 2.45) is 0 Å². The summed E-state index contributed by atoms with van der Waals surface area (Å²) in [5.41, 5.74) is 2.32. The number of rotatable bonds is 4. The van der Waals surface area contributed by atoms with Crippen LogP contribution in [0.25, 0.3) is 10.6 Å². The van der Waals surface area contributed by atoms with Crippen LogP contribution < -0.4 is 0 Å². The van der Waals surface area contributed by atoms with Gasteiger partial charge in [0.2, 0.25) is 0 Å². The average molecular weight is 251 g/mol. The molecule has 2 aromatic heterocycles. The quantitative estimate of drug-likeness (QED) is 0.829. The number of hydrogen-bond donors (Lipinski definition) is 0. The molecule has 0 N–H and O–H groups in total. The predicted molar refractivity (Wildman–Crippen MR) is 69.2 cm³/mol. The largest absolute Gasteiger partial charge is 0.300 e. The number of Topliss-reactive ketones (excluding diaryl/α,β-unsaturated/α-hetero) is 1. The van der Waals surface area contributed by atoms with Crippen LogP contribution in [0, 0.1) is 6.92 Å². The van der Waals surface area contributed by atoms with Crippen LogP contribution >= 0.6 is 22.7 Å². The van der Waals surface area contributed by atoms with Crippen LogP contribution in [0.3, 0.4) is 0 Å². The van der Waals surface area contributed by atoms with E-state index in [1.165, 1.54) is 10.4 Å². The molecule has 0 saturated heterocycles. The Morgan fingerprint density at radius 2 is 2.25 bits per heavy atom. The van der Waals surface area contributed by atoms with Gasteiger partial charge in [-0.3, -0.25) is 0 Å². The summed E-state index contributed by atoms with van der Waals surface area (Å²) in [5, 5.41) is 5.21. The Morgan fingerprint density at radius 1 is 1.44 bits per heavy atom. The van der Waals surface area contributed by atoms with Gasteiger partial charge in [0.05, 0.1) is 15.6 Å². The first-order valence-electron chi connectivity index (χ1n) is 5.15. The zero-order valence-electron chi connectivity index (χ0n) is 9.32. The van der Waals surface area contributed by atoms with Gasteiger partial charge in [0, 0.05) is 18.2 Å². The van der Waals surface area contributed by atoms with Crippen LogP contribution in [0.2, 0.25) is 0 Å². The van der Waals surface area contributed by atoms with E-state index in [1.54, 1.807) is 29.6 Å². The third kappa shape index (κ3) is 2.57. The molecule has 4 heteroatoms. The van der Waals surface area contributed by atoms with Gasteiger partial charge in [0.1, 0.15) is 5.78 Å². The van der Waals surface area contributed by atoms with E-state index >= 15 is 0 Å². The molecule has 2 nitrogen and oxygen atoms in total. The monoisotopic (exact) mass is 251 g/mol. The van der Waals surface area contributed by atoms with Crippen molar-refractivity contribution in [3.8, 4) is 10.6 Å². The van der Waals surface area contributed by atoms with Crippen molar-refractivity contribution in [1.29, 1.82) is 0 Å². The molecule has 0 atom stereocenters. The highest BCUT2D eigenvalue weighted by Gasteiger charge is 2.08. The number of thiazole rings is 1. The zero-order valence-corrected chi connectivity index (χ0v) is 11.0. The second-order valence-electron chi connectivity index (χ2n) is 3.76. The van der Waals surface area contributed by atoms with Gasteiger partial charge in [-0.05, 0) is 30.9 Å². The predicted octanol–water partition coefficient (Wildman–Crippen LogP) is 3.70. The molecule has 0 bridgehead atoms. The molecular formula is C12H13NOS2. The van der Waals surface area contributed by atoms with Crippen LogP contribution in [-0.2, 0) is 11.2 Å². The van der Waals surface area contributed by atoms with E-state index in [-0.39, 0.29) is 5.78 Å². The summed E-state index contributed by atoms with van der Waals surface area (Å²) in [6.45, 7) is 3.72. The minimum Gasteiger partial charge on any atom is -0.300 e. The van der Waals surface area contributed by atoms with Gasteiger partial charge in [-0.1, -0.05) is 0 Å². The molecule has 84 valence electrons. The minimum absolute atomic E-state index is 0.226. The number of aryl methyl sites for hydroxylation is 2. The van der Waals surface area contributed by atoms with E-state index in [9.17, 15) is 4.79 Å². The fraction of sp³-hybridized carbons (Fsp3) is 0.333. The summed E-state index contributed by atoms with van der Waals surface area (Å²) >= 11 is 3.36. The van der Waals surface area contributed by atoms with Crippen molar-refractivity contribution in [1.82, 2.24) is 4.98 Å². The number of nitrogens with zero attached hydrogens (tertiary/aromatic N) is 1. The molecule has 0 aliphatic rings. The molecule has 0 fully saturated rings. The maximum atomic E-state index is 10.9. The third-order valence-electron chi connectivity index (χ3n) is 2.34. The second kappa shape index (κ2) is 4.89. The number of ketones is 1. The fourth-order valence-electron chi connectivity index (χ4n) is 1.45. The highest BCUT2D eigenvalue weighted by Crippen LogP contribution is 2.30. The second-order valence-corrected chi connectivity index (χ2v) is 5.62. The van der Waals surface area contributed by atoms with Gasteiger partial charge < -0.3 is 4.79 Å². The summed E-state index contributed by atoms with van der Waals surface area (Å²) in [6.07, 6.45) is 1.36. The van der Waals surface area contributed by atoms with Gasteiger partial charge in [0.25, 0.3) is 0 Å². The lowest BCUT2D eigenvalue weighted by molar-refractivity contribution is -0.116. The fourth-order valence-corrected chi connectivity index (χ4v) is 3.20. The van der Waals surface area contributed by atoms with Crippen LogP contribution in [0.15, 0.2) is 16.8 Å². The molecule has 0 amide bonds. The van der Waals surface area contributed by atoms with Crippen molar-refractivity contribution in [3.63, 3.8) is 0 Å². The number of hydrogen-bond acceptors (Lipinski definition) is 4. The lowest BCUT2D eigenvalue weighted by atomic mass is 10.2. The number of thiophene rings is 1. The van der Waals surface area contributed by atoms with Crippen LogP contribution in [-0.4, -0.2) is 10.8 Å². The van der Waals surface area contributed by atoms with Gasteiger partial charge in [0.15, 0.2) is 0 Å². The minimum atomic E-state index is 0.226. The molecule has 0 spiro atoms. The third-order valence-corrected chi connectivity index (χ3v) is 4.28. The zero-order chi connectivity index (χ0) is 11.5. The summed E-state index contributed by atoms with van der Waals surface area (Å²) in [4.78, 5) is 16.7. The Balaban J connectivity index is 2.14. The first-order chi connectivity index (χ1) is 7.66. The Labute approximate surface area is 103 Å². The SMILES string of the molecule is CC(=O)CCc1nc(-c2sccc2C)cs1. The van der Waals surface area contributed by atoms with E-state index in [4.69, 9.17) is 0 Å². The van der Waals surface area contributed by atoms with E-state index in [2.05, 4.69) is 28.7 Å². The molecule has 0 aliphatic heterocycles. The molecule has 0 unspecified atom stereocenters. The Kier molecular flexibility index (Phi) is 3.51.